The number of carbonyl (C=O) groups is 1. The highest BCUT2D eigenvalue weighted by atomic mass is 32.1. The molecule has 0 amide bonds. The number of nitrogens with zero attached hydrogens (tertiary/aromatic N) is 3. The summed E-state index contributed by atoms with van der Waals surface area (Å²) in [5.74, 6) is 0.631. The Kier molecular flexibility index (Phi) is 9.14. The van der Waals surface area contributed by atoms with E-state index >= 15 is 0 Å². The molecule has 1 aromatic heterocycles. The molecule has 1 saturated carbocycles. The zero-order valence-electron chi connectivity index (χ0n) is 19.3. The molecule has 0 N–H and O–H groups in total. The smallest absolute Gasteiger partial charge is 0.475 e. The van der Waals surface area contributed by atoms with Gasteiger partial charge in [0.05, 0.1) is 31.9 Å². The molecular weight excluding hydrogens is 414 g/mol. The van der Waals surface area contributed by atoms with Crippen LogP contribution in [0.5, 0.6) is 5.88 Å². The van der Waals surface area contributed by atoms with Crippen LogP contribution in [-0.4, -0.2) is 58.5 Å². The lowest BCUT2D eigenvalue weighted by Gasteiger charge is -2.41. The van der Waals surface area contributed by atoms with Crippen molar-refractivity contribution in [1.82, 2.24) is 8.75 Å². The number of aromatic nitrogens is 2. The highest BCUT2D eigenvalue weighted by Gasteiger charge is 2.37. The molecule has 0 aromatic carbocycles. The molecule has 8 heteroatoms. The maximum atomic E-state index is 12.4. The number of hydrogen-bond acceptors (Lipinski definition) is 7. The van der Waals surface area contributed by atoms with Crippen LogP contribution in [0.4, 0.5) is 4.79 Å². The molecule has 2 unspecified atom stereocenters. The highest BCUT2D eigenvalue weighted by Crippen LogP contribution is 2.32. The molecule has 0 spiro atoms. The first kappa shape index (κ1) is 24.0. The summed E-state index contributed by atoms with van der Waals surface area (Å²) in [7, 11) is 2.12. The first-order chi connectivity index (χ1) is 15.0. The van der Waals surface area contributed by atoms with E-state index in [1.54, 1.807) is 0 Å². The molecular formula is C23H38N3O4S+. The van der Waals surface area contributed by atoms with Crippen molar-refractivity contribution in [2.24, 2.45) is 0 Å². The average molecular weight is 453 g/mol. The Labute approximate surface area is 190 Å². The van der Waals surface area contributed by atoms with E-state index in [1.165, 1.54) is 37.4 Å². The molecule has 2 atom stereocenters. The minimum Gasteiger partial charge on any atom is -0.475 e. The molecule has 0 saturated heterocycles. The second kappa shape index (κ2) is 11.8. The molecule has 0 radical (unpaired) electrons. The molecule has 2 heterocycles. The second-order valence-electron chi connectivity index (χ2n) is 9.05. The van der Waals surface area contributed by atoms with E-state index in [-0.39, 0.29) is 12.3 Å². The van der Waals surface area contributed by atoms with Crippen LogP contribution in [0.1, 0.15) is 83.7 Å². The number of carbonyl (C=O) groups excluding carboxylic acids is 1. The summed E-state index contributed by atoms with van der Waals surface area (Å²) in [5.41, 5.74) is 1.95. The van der Waals surface area contributed by atoms with Gasteiger partial charge in [-0.05, 0) is 32.1 Å². The molecule has 7 nitrogen and oxygen atoms in total. The Morgan fingerprint density at radius 3 is 2.81 bits per heavy atom. The molecule has 3 rings (SSSR count). The lowest BCUT2D eigenvalue weighted by molar-refractivity contribution is -0.944. The van der Waals surface area contributed by atoms with Crippen molar-refractivity contribution in [3.63, 3.8) is 0 Å². The Bertz CT molecular complexity index is 732. The van der Waals surface area contributed by atoms with Crippen molar-refractivity contribution in [3.05, 3.63) is 11.8 Å². The van der Waals surface area contributed by atoms with Gasteiger partial charge in [0.2, 0.25) is 6.23 Å². The number of ether oxygens (including phenoxy) is 3. The Morgan fingerprint density at radius 1 is 1.23 bits per heavy atom. The van der Waals surface area contributed by atoms with Gasteiger partial charge in [-0.3, -0.25) is 4.48 Å². The van der Waals surface area contributed by atoms with Crippen molar-refractivity contribution >= 4 is 23.5 Å². The van der Waals surface area contributed by atoms with E-state index < -0.39 is 6.16 Å². The van der Waals surface area contributed by atoms with E-state index in [4.69, 9.17) is 14.2 Å². The number of hydrogen-bond donors (Lipinski definition) is 0. The minimum atomic E-state index is -0.540. The van der Waals surface area contributed by atoms with E-state index in [1.807, 2.05) is 6.92 Å². The van der Waals surface area contributed by atoms with Crippen molar-refractivity contribution in [2.75, 3.05) is 26.7 Å². The summed E-state index contributed by atoms with van der Waals surface area (Å²) < 4.78 is 26.7. The van der Waals surface area contributed by atoms with Crippen molar-refractivity contribution < 1.29 is 23.5 Å². The predicted octanol–water partition coefficient (Wildman–Crippen LogP) is 5.56. The van der Waals surface area contributed by atoms with Gasteiger partial charge >= 0.3 is 6.16 Å². The van der Waals surface area contributed by atoms with Gasteiger partial charge in [0.25, 0.3) is 5.88 Å². The fourth-order valence-corrected chi connectivity index (χ4v) is 4.86. The minimum absolute atomic E-state index is 0.00804. The molecule has 174 valence electrons. The predicted molar refractivity (Wildman–Crippen MR) is 122 cm³/mol. The van der Waals surface area contributed by atoms with Crippen LogP contribution in [-0.2, 0) is 9.47 Å². The Morgan fingerprint density at radius 2 is 2.03 bits per heavy atom. The van der Waals surface area contributed by atoms with Gasteiger partial charge in [-0.1, -0.05) is 38.7 Å². The van der Waals surface area contributed by atoms with Crippen molar-refractivity contribution in [2.45, 2.75) is 90.4 Å². The van der Waals surface area contributed by atoms with Gasteiger partial charge in [-0.2, -0.15) is 4.37 Å². The van der Waals surface area contributed by atoms with Gasteiger partial charge in [0, 0.05) is 18.9 Å². The summed E-state index contributed by atoms with van der Waals surface area (Å²) >= 11 is 1.19. The fraction of sp³-hybridized carbons (Fsp3) is 0.783. The third-order valence-corrected chi connectivity index (χ3v) is 7.03. The fourth-order valence-electron chi connectivity index (χ4n) is 4.33. The van der Waals surface area contributed by atoms with Gasteiger partial charge < -0.3 is 14.2 Å². The standard InChI is InChI=1S/C23H38N3O4S/c1-4-5-6-10-16-28-22-21(24-31-25-22)19-12-11-15-26(3,17-19)18(2)29-23(27)30-20-13-8-7-9-14-20/h12,18,20H,4-11,13-17H2,1-3H3/q+1. The zero-order valence-corrected chi connectivity index (χ0v) is 20.1. The topological polar surface area (TPSA) is 70.5 Å². The summed E-state index contributed by atoms with van der Waals surface area (Å²) in [5, 5.41) is 0. The molecule has 1 aromatic rings. The zero-order chi connectivity index (χ0) is 22.1. The van der Waals surface area contributed by atoms with Crippen LogP contribution in [0.15, 0.2) is 6.08 Å². The third-order valence-electron chi connectivity index (χ3n) is 6.52. The monoisotopic (exact) mass is 452 g/mol. The van der Waals surface area contributed by atoms with Crippen LogP contribution >= 0.6 is 11.7 Å². The highest BCUT2D eigenvalue weighted by molar-refractivity contribution is 6.99. The maximum Gasteiger partial charge on any atom is 0.513 e. The summed E-state index contributed by atoms with van der Waals surface area (Å²) in [6.45, 7) is 6.44. The van der Waals surface area contributed by atoms with Crippen molar-refractivity contribution in [3.8, 4) is 5.88 Å². The Balaban J connectivity index is 1.54. The largest absolute Gasteiger partial charge is 0.513 e. The SMILES string of the molecule is CCCCCCOc1nsnc1C1=CCC[N+](C)(C(C)OC(=O)OC2CCCCC2)C1. The molecule has 2 aliphatic rings. The summed E-state index contributed by atoms with van der Waals surface area (Å²) in [4.78, 5) is 12.4. The molecule has 1 aliphatic carbocycles. The van der Waals surface area contributed by atoms with Gasteiger partial charge in [-0.15, -0.1) is 4.37 Å². The quantitative estimate of drug-likeness (QED) is 0.263. The first-order valence-electron chi connectivity index (χ1n) is 11.9. The van der Waals surface area contributed by atoms with E-state index in [0.29, 0.717) is 17.0 Å². The molecule has 1 fully saturated rings. The number of rotatable bonds is 10. The molecule has 1 aliphatic heterocycles. The summed E-state index contributed by atoms with van der Waals surface area (Å²) in [6, 6.07) is 0. The van der Waals surface area contributed by atoms with Crippen LogP contribution < -0.4 is 4.74 Å². The normalized spacial score (nSPS) is 23.1. The van der Waals surface area contributed by atoms with Gasteiger partial charge in [0.1, 0.15) is 18.3 Å². The third kappa shape index (κ3) is 6.91. The molecule has 0 bridgehead atoms. The van der Waals surface area contributed by atoms with E-state index in [9.17, 15) is 4.79 Å². The van der Waals surface area contributed by atoms with Crippen molar-refractivity contribution in [1.29, 1.82) is 0 Å². The van der Waals surface area contributed by atoms with Crippen LogP contribution in [0, 0.1) is 0 Å². The second-order valence-corrected chi connectivity index (χ2v) is 9.58. The number of quaternary nitrogens is 1. The molecule has 31 heavy (non-hydrogen) atoms. The summed E-state index contributed by atoms with van der Waals surface area (Å²) in [6.07, 6.45) is 12.3. The van der Waals surface area contributed by atoms with Gasteiger partial charge in [-0.25, -0.2) is 4.79 Å². The lowest BCUT2D eigenvalue weighted by atomic mass is 9.98. The number of unbranched alkanes of at least 4 members (excludes halogenated alkanes) is 3. The van der Waals surface area contributed by atoms with Gasteiger partial charge in [0.15, 0.2) is 0 Å². The lowest BCUT2D eigenvalue weighted by Crippen LogP contribution is -2.55. The first-order valence-corrected chi connectivity index (χ1v) is 12.6. The van der Waals surface area contributed by atoms with Crippen LogP contribution in [0.2, 0.25) is 0 Å². The van der Waals surface area contributed by atoms with E-state index in [2.05, 4.69) is 28.8 Å². The van der Waals surface area contributed by atoms with E-state index in [0.717, 1.165) is 62.9 Å². The Hall–Kier alpha value is -1.67. The van der Waals surface area contributed by atoms with Crippen LogP contribution in [0.25, 0.3) is 5.57 Å². The number of likely N-dealkylation sites (N-methyl/N-ethyl adjacent to an activating group) is 1. The van der Waals surface area contributed by atoms with Crippen LogP contribution in [0.3, 0.4) is 0 Å². The average Bonchev–Trinajstić information content (AvgIpc) is 3.23. The maximum absolute atomic E-state index is 12.4.